The summed E-state index contributed by atoms with van der Waals surface area (Å²) >= 11 is 1.31. The van der Waals surface area contributed by atoms with Gasteiger partial charge in [-0.1, -0.05) is 41.2 Å². The van der Waals surface area contributed by atoms with Crippen LogP contribution >= 0.6 is 11.3 Å². The number of fused-ring (bicyclic) bond motifs is 2. The summed E-state index contributed by atoms with van der Waals surface area (Å²) in [5, 5.41) is 11.9. The molecule has 2 aliphatic rings. The SMILES string of the molecule is CCOc1ccc2nc(N3C(=O)C(=O)/C(=C(/O)c4ccc5c(c4)C[C@@H](C)O5)[C@H]3c3ccc(C)cc3)sc2c1. The van der Waals surface area contributed by atoms with Crippen LogP contribution < -0.4 is 14.4 Å². The number of ketones is 1. The molecule has 0 unspecified atom stereocenters. The lowest BCUT2D eigenvalue weighted by molar-refractivity contribution is -0.132. The number of thiazole rings is 1. The zero-order valence-electron chi connectivity index (χ0n) is 21.2. The molecule has 2 aliphatic heterocycles. The number of Topliss-reactive ketones (excluding diaryl/α,β-unsaturated/α-hetero) is 1. The van der Waals surface area contributed by atoms with Crippen LogP contribution in [0.5, 0.6) is 11.5 Å². The van der Waals surface area contributed by atoms with Crippen LogP contribution in [0, 0.1) is 6.92 Å². The maximum atomic E-state index is 13.5. The maximum Gasteiger partial charge on any atom is 0.301 e. The van der Waals surface area contributed by atoms with Gasteiger partial charge in [0.1, 0.15) is 23.4 Å². The number of aromatic nitrogens is 1. The molecule has 1 aromatic heterocycles. The Morgan fingerprint density at radius 3 is 2.68 bits per heavy atom. The van der Waals surface area contributed by atoms with Crippen LogP contribution in [0.2, 0.25) is 0 Å². The minimum Gasteiger partial charge on any atom is -0.507 e. The third-order valence-corrected chi connectivity index (χ3v) is 7.89. The molecular weight excluding hydrogens is 500 g/mol. The highest BCUT2D eigenvalue weighted by Crippen LogP contribution is 2.45. The number of carbonyl (C=O) groups excluding carboxylic acids is 2. The second-order valence-corrected chi connectivity index (χ2v) is 10.6. The summed E-state index contributed by atoms with van der Waals surface area (Å²) in [5.74, 6) is -0.196. The van der Waals surface area contributed by atoms with E-state index in [1.165, 1.54) is 16.2 Å². The lowest BCUT2D eigenvalue weighted by Gasteiger charge is -2.23. The number of ether oxygens (including phenoxy) is 2. The molecule has 3 heterocycles. The lowest BCUT2D eigenvalue weighted by Crippen LogP contribution is -2.29. The first kappa shape index (κ1) is 24.2. The van der Waals surface area contributed by atoms with Gasteiger partial charge in [0.05, 0.1) is 28.4 Å². The van der Waals surface area contributed by atoms with Crippen molar-refractivity contribution in [2.75, 3.05) is 11.5 Å². The number of hydrogen-bond donors (Lipinski definition) is 1. The number of aliphatic hydroxyl groups excluding tert-OH is 1. The van der Waals surface area contributed by atoms with Gasteiger partial charge in [-0.3, -0.25) is 14.5 Å². The molecule has 0 saturated carbocycles. The van der Waals surface area contributed by atoms with Crippen LogP contribution in [0.25, 0.3) is 16.0 Å². The van der Waals surface area contributed by atoms with Crippen molar-refractivity contribution >= 4 is 44.1 Å². The average Bonchev–Trinajstić information content (AvgIpc) is 3.56. The van der Waals surface area contributed by atoms with E-state index in [0.29, 0.717) is 40.6 Å². The number of benzene rings is 3. The monoisotopic (exact) mass is 526 g/mol. The van der Waals surface area contributed by atoms with E-state index in [0.717, 1.165) is 21.6 Å². The first-order valence-electron chi connectivity index (χ1n) is 12.5. The predicted octanol–water partition coefficient (Wildman–Crippen LogP) is 5.95. The minimum atomic E-state index is -0.828. The van der Waals surface area contributed by atoms with Crippen molar-refractivity contribution in [3.05, 3.63) is 88.5 Å². The van der Waals surface area contributed by atoms with Crippen LogP contribution in [-0.4, -0.2) is 34.5 Å². The minimum absolute atomic E-state index is 0.0417. The van der Waals surface area contributed by atoms with E-state index >= 15 is 0 Å². The first-order chi connectivity index (χ1) is 18.3. The zero-order chi connectivity index (χ0) is 26.6. The van der Waals surface area contributed by atoms with Crippen molar-refractivity contribution in [3.8, 4) is 11.5 Å². The van der Waals surface area contributed by atoms with E-state index in [2.05, 4.69) is 0 Å². The Balaban J connectivity index is 1.50. The van der Waals surface area contributed by atoms with Crippen LogP contribution in [0.3, 0.4) is 0 Å². The first-order valence-corrected chi connectivity index (χ1v) is 13.4. The molecule has 1 fully saturated rings. The third kappa shape index (κ3) is 4.01. The summed E-state index contributed by atoms with van der Waals surface area (Å²) in [7, 11) is 0. The molecule has 0 spiro atoms. The number of amides is 1. The Hall–Kier alpha value is -4.17. The zero-order valence-corrected chi connectivity index (χ0v) is 22.0. The summed E-state index contributed by atoms with van der Waals surface area (Å²) in [6.07, 6.45) is 0.754. The summed E-state index contributed by atoms with van der Waals surface area (Å²) in [4.78, 5) is 33.1. The molecular formula is C30H26N2O5S. The molecule has 0 radical (unpaired) electrons. The molecule has 7 nitrogen and oxygen atoms in total. The molecule has 6 rings (SSSR count). The summed E-state index contributed by atoms with van der Waals surface area (Å²) in [6.45, 7) is 6.40. The van der Waals surface area contributed by atoms with E-state index < -0.39 is 17.7 Å². The Labute approximate surface area is 224 Å². The predicted molar refractivity (Wildman–Crippen MR) is 147 cm³/mol. The molecule has 4 aromatic rings. The number of nitrogens with zero attached hydrogens (tertiary/aromatic N) is 2. The number of rotatable bonds is 5. The van der Waals surface area contributed by atoms with Crippen LogP contribution in [0.4, 0.5) is 5.13 Å². The number of aliphatic hydroxyl groups is 1. The van der Waals surface area contributed by atoms with E-state index in [1.807, 2.05) is 69.3 Å². The van der Waals surface area contributed by atoms with Gasteiger partial charge in [-0.15, -0.1) is 0 Å². The normalized spacial score (nSPS) is 20.1. The van der Waals surface area contributed by atoms with Gasteiger partial charge in [0.25, 0.3) is 5.78 Å². The van der Waals surface area contributed by atoms with Crippen LogP contribution in [0.1, 0.15) is 42.1 Å². The van der Waals surface area contributed by atoms with Gasteiger partial charge in [-0.2, -0.15) is 0 Å². The molecule has 1 amide bonds. The fourth-order valence-corrected chi connectivity index (χ4v) is 6.09. The molecule has 38 heavy (non-hydrogen) atoms. The fraction of sp³-hybridized carbons (Fsp3) is 0.233. The van der Waals surface area contributed by atoms with Gasteiger partial charge >= 0.3 is 5.91 Å². The quantitative estimate of drug-likeness (QED) is 0.196. The molecule has 1 N–H and O–H groups in total. The van der Waals surface area contributed by atoms with Crippen molar-refractivity contribution in [3.63, 3.8) is 0 Å². The maximum absolute atomic E-state index is 13.5. The van der Waals surface area contributed by atoms with E-state index in [4.69, 9.17) is 14.5 Å². The third-order valence-electron chi connectivity index (χ3n) is 6.87. The molecule has 0 aliphatic carbocycles. The van der Waals surface area contributed by atoms with Crippen molar-refractivity contribution in [1.29, 1.82) is 0 Å². The average molecular weight is 527 g/mol. The Kier molecular flexibility index (Phi) is 5.91. The largest absolute Gasteiger partial charge is 0.507 e. The van der Waals surface area contributed by atoms with Crippen LogP contribution in [0.15, 0.2) is 66.2 Å². The van der Waals surface area contributed by atoms with Crippen molar-refractivity contribution < 1.29 is 24.2 Å². The van der Waals surface area contributed by atoms with Crippen LogP contribution in [-0.2, 0) is 16.0 Å². The second-order valence-electron chi connectivity index (χ2n) is 9.59. The van der Waals surface area contributed by atoms with E-state index in [9.17, 15) is 14.7 Å². The Bertz CT molecular complexity index is 1620. The number of hydrogen-bond acceptors (Lipinski definition) is 7. The summed E-state index contributed by atoms with van der Waals surface area (Å²) in [6, 6.07) is 17.7. The molecule has 3 aromatic carbocycles. The smallest absolute Gasteiger partial charge is 0.301 e. The number of anilines is 1. The molecule has 8 heteroatoms. The molecule has 0 bridgehead atoms. The second kappa shape index (κ2) is 9.29. The van der Waals surface area contributed by atoms with E-state index in [-0.39, 0.29) is 17.4 Å². The Morgan fingerprint density at radius 1 is 1.13 bits per heavy atom. The lowest BCUT2D eigenvalue weighted by atomic mass is 9.94. The molecule has 192 valence electrons. The van der Waals surface area contributed by atoms with Crippen molar-refractivity contribution in [2.45, 2.75) is 39.3 Å². The van der Waals surface area contributed by atoms with Gasteiger partial charge in [-0.05, 0) is 68.3 Å². The summed E-state index contributed by atoms with van der Waals surface area (Å²) < 4.78 is 12.2. The highest BCUT2D eigenvalue weighted by atomic mass is 32.1. The van der Waals surface area contributed by atoms with Gasteiger partial charge in [0.15, 0.2) is 5.13 Å². The highest BCUT2D eigenvalue weighted by molar-refractivity contribution is 7.22. The van der Waals surface area contributed by atoms with E-state index in [1.54, 1.807) is 12.1 Å². The number of carbonyl (C=O) groups is 2. The Morgan fingerprint density at radius 2 is 1.92 bits per heavy atom. The fourth-order valence-electron chi connectivity index (χ4n) is 5.07. The van der Waals surface area contributed by atoms with Crippen molar-refractivity contribution in [2.24, 2.45) is 0 Å². The van der Waals surface area contributed by atoms with Gasteiger partial charge in [-0.25, -0.2) is 4.98 Å². The highest BCUT2D eigenvalue weighted by Gasteiger charge is 2.48. The van der Waals surface area contributed by atoms with Gasteiger partial charge in [0.2, 0.25) is 0 Å². The molecule has 2 atom stereocenters. The standard InChI is InChI=1S/C30H26N2O5S/c1-4-36-21-10-11-22-24(15-21)38-30(31-22)32-26(18-7-5-16(2)6-8-18)25(28(34)29(32)35)27(33)19-9-12-23-20(14-19)13-17(3)37-23/h5-12,14-15,17,26,33H,4,13H2,1-3H3/b27-25+/t17-,26-/m1/s1. The topological polar surface area (TPSA) is 89.0 Å². The van der Waals surface area contributed by atoms with Gasteiger partial charge < -0.3 is 14.6 Å². The summed E-state index contributed by atoms with van der Waals surface area (Å²) in [5.41, 5.74) is 3.93. The number of aryl methyl sites for hydroxylation is 1. The van der Waals surface area contributed by atoms with Crippen molar-refractivity contribution in [1.82, 2.24) is 4.98 Å². The van der Waals surface area contributed by atoms with Gasteiger partial charge in [0, 0.05) is 12.0 Å². The molecule has 1 saturated heterocycles.